The lowest BCUT2D eigenvalue weighted by atomic mass is 9.97. The van der Waals surface area contributed by atoms with Gasteiger partial charge in [-0.15, -0.1) is 0 Å². The highest BCUT2D eigenvalue weighted by Crippen LogP contribution is 2.31. The van der Waals surface area contributed by atoms with Crippen molar-refractivity contribution in [1.82, 2.24) is 0 Å². The summed E-state index contributed by atoms with van der Waals surface area (Å²) in [5, 5.41) is 19.7. The van der Waals surface area contributed by atoms with Crippen LogP contribution in [0.1, 0.15) is 54.9 Å². The summed E-state index contributed by atoms with van der Waals surface area (Å²) in [5.74, 6) is -0.0257. The number of ether oxygens (including phenoxy) is 2. The third-order valence-corrected chi connectivity index (χ3v) is 4.04. The highest BCUT2D eigenvalue weighted by atomic mass is 16.5. The Hall–Kier alpha value is -1.75. The lowest BCUT2D eigenvalue weighted by Crippen LogP contribution is -2.20. The molecule has 0 amide bonds. The number of cyclic esters (lactones) is 1. The van der Waals surface area contributed by atoms with E-state index in [-0.39, 0.29) is 18.0 Å². The zero-order valence-electron chi connectivity index (χ0n) is 13.2. The summed E-state index contributed by atoms with van der Waals surface area (Å²) >= 11 is 0. The van der Waals surface area contributed by atoms with Crippen LogP contribution >= 0.6 is 0 Å². The molecule has 1 aliphatic heterocycles. The van der Waals surface area contributed by atoms with Crippen LogP contribution in [0.3, 0.4) is 0 Å². The van der Waals surface area contributed by atoms with Crippen molar-refractivity contribution in [2.75, 3.05) is 7.11 Å². The minimum absolute atomic E-state index is 0.0728. The Balaban J connectivity index is 2.34. The number of carbonyl (C=O) groups is 1. The predicted octanol–water partition coefficient (Wildman–Crippen LogP) is 2.81. The maximum absolute atomic E-state index is 12.5. The summed E-state index contributed by atoms with van der Waals surface area (Å²) in [4.78, 5) is 12.5. The largest absolute Gasteiger partial charge is 0.508 e. The standard InChI is InChI=1S/C17H24O5/c1-11-7-8-13(18)6-4-3-5-12-9-14(19)10-15(21-2)16(12)17(20)22-11/h9-11,13,18-19H,3-8H2,1-2H3/t11-,13?/m0/s1. The van der Waals surface area contributed by atoms with Crippen LogP contribution in [0, 0.1) is 0 Å². The Bertz CT molecular complexity index is 526. The van der Waals surface area contributed by atoms with Gasteiger partial charge >= 0.3 is 5.97 Å². The molecular formula is C17H24O5. The number of carbonyl (C=O) groups excluding carboxylic acids is 1. The maximum atomic E-state index is 12.5. The van der Waals surface area contributed by atoms with E-state index in [0.29, 0.717) is 30.6 Å². The molecule has 2 rings (SSSR count). The third-order valence-electron chi connectivity index (χ3n) is 4.04. The summed E-state index contributed by atoms with van der Waals surface area (Å²) in [5.41, 5.74) is 1.12. The number of aromatic hydroxyl groups is 1. The van der Waals surface area contributed by atoms with Crippen LogP contribution in [0.2, 0.25) is 0 Å². The van der Waals surface area contributed by atoms with Gasteiger partial charge in [0.25, 0.3) is 0 Å². The molecule has 0 aliphatic carbocycles. The number of hydrogen-bond acceptors (Lipinski definition) is 5. The molecule has 0 aromatic heterocycles. The van der Waals surface area contributed by atoms with Gasteiger partial charge in [-0.25, -0.2) is 4.79 Å². The molecule has 1 aliphatic rings. The maximum Gasteiger partial charge on any atom is 0.342 e. The van der Waals surface area contributed by atoms with Gasteiger partial charge in [-0.05, 0) is 50.7 Å². The molecule has 2 N–H and O–H groups in total. The smallest absolute Gasteiger partial charge is 0.342 e. The first kappa shape index (κ1) is 16.6. The van der Waals surface area contributed by atoms with E-state index in [1.54, 1.807) is 6.07 Å². The number of methoxy groups -OCH3 is 1. The summed E-state index contributed by atoms with van der Waals surface area (Å²) in [6.45, 7) is 1.82. The molecule has 1 aromatic rings. The normalized spacial score (nSPS) is 23.7. The van der Waals surface area contributed by atoms with Gasteiger partial charge in [0, 0.05) is 6.07 Å². The number of aryl methyl sites for hydroxylation is 1. The van der Waals surface area contributed by atoms with Crippen LogP contribution in [0.15, 0.2) is 12.1 Å². The van der Waals surface area contributed by atoms with E-state index in [0.717, 1.165) is 24.8 Å². The molecule has 5 nitrogen and oxygen atoms in total. The molecule has 0 saturated carbocycles. The molecule has 0 radical (unpaired) electrons. The number of hydrogen-bond donors (Lipinski definition) is 2. The first-order chi connectivity index (χ1) is 10.5. The highest BCUT2D eigenvalue weighted by molar-refractivity contribution is 5.94. The van der Waals surface area contributed by atoms with Crippen LogP contribution in [0.4, 0.5) is 0 Å². The SMILES string of the molecule is COc1cc(O)cc2c1C(=O)O[C@@H](C)CCC(O)CCCC2. The molecule has 22 heavy (non-hydrogen) atoms. The van der Waals surface area contributed by atoms with Gasteiger partial charge in [0.2, 0.25) is 0 Å². The van der Waals surface area contributed by atoms with Crippen molar-refractivity contribution in [1.29, 1.82) is 0 Å². The van der Waals surface area contributed by atoms with E-state index in [2.05, 4.69) is 0 Å². The van der Waals surface area contributed by atoms with Gasteiger partial charge in [0.1, 0.15) is 17.1 Å². The molecule has 1 aromatic carbocycles. The molecule has 5 heteroatoms. The topological polar surface area (TPSA) is 76.0 Å². The van der Waals surface area contributed by atoms with Crippen LogP contribution in [-0.4, -0.2) is 35.5 Å². The molecule has 1 unspecified atom stereocenters. The van der Waals surface area contributed by atoms with Gasteiger partial charge in [-0.2, -0.15) is 0 Å². The van der Waals surface area contributed by atoms with Crippen molar-refractivity contribution in [2.45, 2.75) is 57.7 Å². The minimum atomic E-state index is -0.436. The van der Waals surface area contributed by atoms with Crippen LogP contribution in [0.5, 0.6) is 11.5 Å². The van der Waals surface area contributed by atoms with E-state index in [9.17, 15) is 15.0 Å². The zero-order chi connectivity index (χ0) is 16.1. The molecular weight excluding hydrogens is 284 g/mol. The van der Waals surface area contributed by atoms with Gasteiger partial charge in [0.15, 0.2) is 0 Å². The average molecular weight is 308 g/mol. The highest BCUT2D eigenvalue weighted by Gasteiger charge is 2.23. The van der Waals surface area contributed by atoms with E-state index in [1.165, 1.54) is 13.2 Å². The van der Waals surface area contributed by atoms with Gasteiger partial charge in [-0.1, -0.05) is 6.42 Å². The number of fused-ring (bicyclic) bond motifs is 1. The monoisotopic (exact) mass is 308 g/mol. The number of rotatable bonds is 1. The van der Waals surface area contributed by atoms with Crippen molar-refractivity contribution in [3.8, 4) is 11.5 Å². The fraction of sp³-hybridized carbons (Fsp3) is 0.588. The number of benzene rings is 1. The second kappa shape index (κ2) is 7.49. The average Bonchev–Trinajstić information content (AvgIpc) is 2.47. The summed E-state index contributed by atoms with van der Waals surface area (Å²) in [6, 6.07) is 3.02. The molecule has 0 spiro atoms. The van der Waals surface area contributed by atoms with Crippen molar-refractivity contribution >= 4 is 5.97 Å². The zero-order valence-corrected chi connectivity index (χ0v) is 13.2. The van der Waals surface area contributed by atoms with E-state index < -0.39 is 5.97 Å². The lowest BCUT2D eigenvalue weighted by Gasteiger charge is -2.20. The Kier molecular flexibility index (Phi) is 5.66. The number of aliphatic hydroxyl groups is 1. The Morgan fingerprint density at radius 2 is 2.00 bits per heavy atom. The van der Waals surface area contributed by atoms with E-state index in [4.69, 9.17) is 9.47 Å². The Labute approximate surface area is 130 Å². The van der Waals surface area contributed by atoms with Crippen molar-refractivity contribution < 1.29 is 24.5 Å². The van der Waals surface area contributed by atoms with Gasteiger partial charge in [0.05, 0.1) is 19.3 Å². The quantitative estimate of drug-likeness (QED) is 0.780. The third kappa shape index (κ3) is 4.13. The number of phenols is 1. The summed E-state index contributed by atoms with van der Waals surface area (Å²) < 4.78 is 10.7. The first-order valence-corrected chi connectivity index (χ1v) is 7.80. The molecule has 1 heterocycles. The van der Waals surface area contributed by atoms with Gasteiger partial charge in [-0.3, -0.25) is 0 Å². The predicted molar refractivity (Wildman–Crippen MR) is 82.3 cm³/mol. The second-order valence-electron chi connectivity index (χ2n) is 5.88. The van der Waals surface area contributed by atoms with E-state index in [1.807, 2.05) is 6.92 Å². The number of phenolic OH excluding ortho intramolecular Hbond substituents is 1. The van der Waals surface area contributed by atoms with Crippen molar-refractivity contribution in [2.24, 2.45) is 0 Å². The fourth-order valence-corrected chi connectivity index (χ4v) is 2.81. The Morgan fingerprint density at radius 1 is 1.23 bits per heavy atom. The molecule has 0 fully saturated rings. The number of esters is 1. The lowest BCUT2D eigenvalue weighted by molar-refractivity contribution is 0.0273. The molecule has 0 bridgehead atoms. The van der Waals surface area contributed by atoms with Crippen LogP contribution in [-0.2, 0) is 11.2 Å². The van der Waals surface area contributed by atoms with E-state index >= 15 is 0 Å². The molecule has 2 atom stereocenters. The first-order valence-electron chi connectivity index (χ1n) is 7.80. The van der Waals surface area contributed by atoms with Crippen molar-refractivity contribution in [3.05, 3.63) is 23.3 Å². The number of aliphatic hydroxyl groups excluding tert-OH is 1. The summed E-state index contributed by atoms with van der Waals surface area (Å²) in [7, 11) is 1.47. The minimum Gasteiger partial charge on any atom is -0.508 e. The fourth-order valence-electron chi connectivity index (χ4n) is 2.81. The van der Waals surface area contributed by atoms with Crippen molar-refractivity contribution in [3.63, 3.8) is 0 Å². The van der Waals surface area contributed by atoms with Crippen LogP contribution in [0.25, 0.3) is 0 Å². The van der Waals surface area contributed by atoms with Gasteiger partial charge < -0.3 is 19.7 Å². The second-order valence-corrected chi connectivity index (χ2v) is 5.88. The van der Waals surface area contributed by atoms with Crippen LogP contribution < -0.4 is 4.74 Å². The molecule has 0 saturated heterocycles. The summed E-state index contributed by atoms with van der Waals surface area (Å²) in [6.07, 6.45) is 3.73. The Morgan fingerprint density at radius 3 is 2.73 bits per heavy atom. The molecule has 122 valence electrons.